The van der Waals surface area contributed by atoms with Crippen molar-refractivity contribution in [2.45, 2.75) is 6.92 Å². The summed E-state index contributed by atoms with van der Waals surface area (Å²) < 4.78 is 17.0. The third-order valence-electron chi connectivity index (χ3n) is 1.08. The number of nitrogens with zero attached hydrogens (tertiary/aromatic N) is 2. The van der Waals surface area contributed by atoms with Gasteiger partial charge in [0.25, 0.3) is 0 Å². The molecule has 0 N–H and O–H groups in total. The number of hydrogen-bond acceptors (Lipinski definition) is 3. The zero-order chi connectivity index (χ0) is 8.27. The lowest BCUT2D eigenvalue weighted by Gasteiger charge is -1.97. The fourth-order valence-corrected chi connectivity index (χ4v) is 0.625. The number of halogens is 1. The van der Waals surface area contributed by atoms with Crippen LogP contribution < -0.4 is 0 Å². The van der Waals surface area contributed by atoms with Gasteiger partial charge >= 0.3 is 5.97 Å². The quantitative estimate of drug-likeness (QED) is 0.598. The Morgan fingerprint density at radius 1 is 1.91 bits per heavy atom. The molecule has 0 spiro atoms. The maximum absolute atomic E-state index is 12.5. The predicted molar refractivity (Wildman–Crippen MR) is 34.7 cm³/mol. The van der Waals surface area contributed by atoms with Crippen LogP contribution >= 0.6 is 0 Å². The van der Waals surface area contributed by atoms with Gasteiger partial charge in [-0.3, -0.25) is 0 Å². The highest BCUT2D eigenvalue weighted by atomic mass is 19.2. The Morgan fingerprint density at radius 3 is 3.09 bits per heavy atom. The topological polar surface area (TPSA) is 44.1 Å². The minimum Gasteiger partial charge on any atom is -0.461 e. The van der Waals surface area contributed by atoms with Gasteiger partial charge in [0.05, 0.1) is 12.8 Å². The summed E-state index contributed by atoms with van der Waals surface area (Å²) in [6.07, 6.45) is 2.00. The zero-order valence-corrected chi connectivity index (χ0v) is 5.95. The third-order valence-corrected chi connectivity index (χ3v) is 1.08. The number of hydrogen-bond donors (Lipinski definition) is 0. The molecule has 0 fully saturated rings. The van der Waals surface area contributed by atoms with Crippen LogP contribution in [0.3, 0.4) is 0 Å². The Kier molecular flexibility index (Phi) is 2.20. The molecule has 0 bridgehead atoms. The summed E-state index contributed by atoms with van der Waals surface area (Å²) in [7, 11) is 0. The molecule has 0 aliphatic carbocycles. The molecule has 0 aromatic carbocycles. The summed E-state index contributed by atoms with van der Waals surface area (Å²) in [5, 5.41) is 0. The minimum absolute atomic E-state index is 0.123. The van der Waals surface area contributed by atoms with Crippen molar-refractivity contribution >= 4 is 5.97 Å². The number of imidazole rings is 1. The molecule has 1 rings (SSSR count). The van der Waals surface area contributed by atoms with E-state index in [0.717, 1.165) is 12.5 Å². The summed E-state index contributed by atoms with van der Waals surface area (Å²) >= 11 is 0. The molecule has 0 atom stereocenters. The molecule has 1 aromatic rings. The van der Waals surface area contributed by atoms with Gasteiger partial charge in [-0.05, 0) is 6.92 Å². The van der Waals surface area contributed by atoms with E-state index in [9.17, 15) is 9.28 Å². The molecule has 0 saturated carbocycles. The highest BCUT2D eigenvalue weighted by Gasteiger charge is 2.11. The standard InChI is InChI=1S/C6H7FN2O2/c1-2-11-6(10)5-3-8-4-9(5)7/h3-4H,2H2,1H3. The van der Waals surface area contributed by atoms with Crippen molar-refractivity contribution in [3.8, 4) is 0 Å². The molecule has 0 radical (unpaired) electrons. The van der Waals surface area contributed by atoms with E-state index in [2.05, 4.69) is 9.72 Å². The number of ether oxygens (including phenoxy) is 1. The van der Waals surface area contributed by atoms with Crippen LogP contribution in [-0.2, 0) is 4.74 Å². The van der Waals surface area contributed by atoms with Gasteiger partial charge in [-0.15, -0.1) is 0 Å². The Morgan fingerprint density at radius 2 is 2.64 bits per heavy atom. The Bertz CT molecular complexity index is 259. The van der Waals surface area contributed by atoms with E-state index >= 15 is 0 Å². The van der Waals surface area contributed by atoms with Crippen LogP contribution in [0.4, 0.5) is 4.48 Å². The first kappa shape index (κ1) is 7.71. The molecule has 0 unspecified atom stereocenters. The predicted octanol–water partition coefficient (Wildman–Crippen LogP) is 0.792. The second kappa shape index (κ2) is 3.14. The first-order chi connectivity index (χ1) is 5.25. The maximum atomic E-state index is 12.5. The number of rotatable bonds is 2. The van der Waals surface area contributed by atoms with Crippen LogP contribution in [0.5, 0.6) is 0 Å². The second-order valence-corrected chi connectivity index (χ2v) is 1.81. The van der Waals surface area contributed by atoms with Crippen LogP contribution in [0.2, 0.25) is 0 Å². The van der Waals surface area contributed by atoms with Crippen LogP contribution in [-0.4, -0.2) is 22.3 Å². The van der Waals surface area contributed by atoms with E-state index in [0.29, 0.717) is 0 Å². The van der Waals surface area contributed by atoms with E-state index < -0.39 is 5.97 Å². The fraction of sp³-hybridized carbons (Fsp3) is 0.333. The van der Waals surface area contributed by atoms with Gasteiger partial charge in [-0.2, -0.15) is 4.79 Å². The molecular formula is C6H7FN2O2. The second-order valence-electron chi connectivity index (χ2n) is 1.81. The van der Waals surface area contributed by atoms with Gasteiger partial charge in [0.1, 0.15) is 6.33 Å². The zero-order valence-electron chi connectivity index (χ0n) is 5.95. The average molecular weight is 158 g/mol. The van der Waals surface area contributed by atoms with Crippen molar-refractivity contribution in [3.05, 3.63) is 18.2 Å². The summed E-state index contributed by atoms with van der Waals surface area (Å²) in [5.41, 5.74) is -0.188. The Labute approximate surface area is 62.5 Å². The van der Waals surface area contributed by atoms with Crippen molar-refractivity contribution in [1.29, 1.82) is 0 Å². The number of aromatic nitrogens is 2. The number of carbonyl (C=O) groups is 1. The summed E-state index contributed by atoms with van der Waals surface area (Å²) in [6, 6.07) is 0. The van der Waals surface area contributed by atoms with Gasteiger partial charge in [0.15, 0.2) is 5.69 Å². The molecule has 60 valence electrons. The van der Waals surface area contributed by atoms with Gasteiger partial charge in [-0.25, -0.2) is 9.78 Å². The average Bonchev–Trinajstić information content (AvgIpc) is 2.36. The van der Waals surface area contributed by atoms with E-state index in [4.69, 9.17) is 0 Å². The van der Waals surface area contributed by atoms with Crippen LogP contribution in [0.25, 0.3) is 0 Å². The smallest absolute Gasteiger partial charge is 0.359 e. The van der Waals surface area contributed by atoms with Gasteiger partial charge in [0, 0.05) is 0 Å². The molecular weight excluding hydrogens is 151 g/mol. The van der Waals surface area contributed by atoms with Crippen LogP contribution in [0, 0.1) is 0 Å². The molecule has 0 aliphatic heterocycles. The molecule has 5 heteroatoms. The molecule has 1 heterocycles. The normalized spacial score (nSPS) is 9.64. The van der Waals surface area contributed by atoms with Gasteiger partial charge in [-0.1, -0.05) is 4.48 Å². The van der Waals surface area contributed by atoms with Crippen molar-refractivity contribution in [2.75, 3.05) is 6.61 Å². The molecule has 1 aromatic heterocycles. The SMILES string of the molecule is CCOC(=O)c1cncn1F. The molecule has 4 nitrogen and oxygen atoms in total. The molecule has 0 saturated heterocycles. The highest BCUT2D eigenvalue weighted by molar-refractivity contribution is 5.87. The van der Waals surface area contributed by atoms with E-state index in [-0.39, 0.29) is 17.1 Å². The summed E-state index contributed by atoms with van der Waals surface area (Å²) in [6.45, 7) is 1.88. The lowest BCUT2D eigenvalue weighted by molar-refractivity contribution is 0.0502. The summed E-state index contributed by atoms with van der Waals surface area (Å²) in [4.78, 5) is 14.3. The molecule has 0 aliphatic rings. The molecule has 11 heavy (non-hydrogen) atoms. The lowest BCUT2D eigenvalue weighted by atomic mass is 10.5. The maximum Gasteiger partial charge on any atom is 0.359 e. The number of esters is 1. The lowest BCUT2D eigenvalue weighted by Crippen LogP contribution is -2.07. The first-order valence-electron chi connectivity index (χ1n) is 3.11. The van der Waals surface area contributed by atoms with Crippen LogP contribution in [0.1, 0.15) is 17.4 Å². The van der Waals surface area contributed by atoms with Gasteiger partial charge in [0.2, 0.25) is 0 Å². The Balaban J connectivity index is 2.76. The number of carbonyl (C=O) groups excluding carboxylic acids is 1. The van der Waals surface area contributed by atoms with E-state index in [1.54, 1.807) is 6.92 Å². The van der Waals surface area contributed by atoms with Crippen LogP contribution in [0.15, 0.2) is 12.5 Å². The largest absolute Gasteiger partial charge is 0.461 e. The monoisotopic (exact) mass is 158 g/mol. The fourth-order valence-electron chi connectivity index (χ4n) is 0.625. The van der Waals surface area contributed by atoms with Crippen molar-refractivity contribution in [1.82, 2.24) is 9.77 Å². The van der Waals surface area contributed by atoms with Crippen molar-refractivity contribution in [2.24, 2.45) is 0 Å². The minimum atomic E-state index is -0.701. The van der Waals surface area contributed by atoms with Crippen molar-refractivity contribution < 1.29 is 14.0 Å². The first-order valence-corrected chi connectivity index (χ1v) is 3.11. The highest BCUT2D eigenvalue weighted by Crippen LogP contribution is 2.00. The van der Waals surface area contributed by atoms with E-state index in [1.807, 2.05) is 0 Å². The summed E-state index contributed by atoms with van der Waals surface area (Å²) in [5.74, 6) is -0.701. The van der Waals surface area contributed by atoms with Crippen molar-refractivity contribution in [3.63, 3.8) is 0 Å². The third kappa shape index (κ3) is 1.54. The van der Waals surface area contributed by atoms with Gasteiger partial charge < -0.3 is 4.74 Å². The van der Waals surface area contributed by atoms with E-state index in [1.165, 1.54) is 0 Å². The molecule has 0 amide bonds. The Hall–Kier alpha value is -1.39.